The molecule has 6 heterocycles. The second kappa shape index (κ2) is 40.4. The molecule has 2 amide bonds. The van der Waals surface area contributed by atoms with E-state index in [2.05, 4.69) is 99.8 Å². The number of nitrogens with zero attached hydrogens (tertiary/aromatic N) is 6. The van der Waals surface area contributed by atoms with Gasteiger partial charge in [-0.05, 0) is 141 Å². The van der Waals surface area contributed by atoms with E-state index in [9.17, 15) is 38.1 Å². The van der Waals surface area contributed by atoms with Crippen LogP contribution < -0.4 is 40.7 Å². The highest BCUT2D eigenvalue weighted by molar-refractivity contribution is 7.47. The molecule has 10 atom stereocenters. The van der Waals surface area contributed by atoms with Gasteiger partial charge in [-0.1, -0.05) is 239 Å². The number of hydrogen-bond donors (Lipinski definition) is 6. The number of ether oxygens (including phenoxy) is 8. The molecule has 2 saturated heterocycles. The molecule has 132 heavy (non-hydrogen) atoms. The fraction of sp³-hybridized carbons (Fsp3) is 0.375. The van der Waals surface area contributed by atoms with Crippen molar-refractivity contribution in [2.24, 2.45) is 0 Å². The number of benzene rings is 8. The van der Waals surface area contributed by atoms with Crippen LogP contribution in [0.1, 0.15) is 138 Å². The van der Waals surface area contributed by atoms with Gasteiger partial charge in [-0.15, -0.1) is 0 Å². The third-order valence-electron chi connectivity index (χ3n) is 24.5. The maximum absolute atomic E-state index is 14.8. The van der Waals surface area contributed by atoms with Gasteiger partial charge in [0, 0.05) is 0 Å². The Bertz CT molecular complexity index is 5720. The molecule has 2 aliphatic rings. The Labute approximate surface area is 767 Å². The molecule has 12 aromatic rings. The van der Waals surface area contributed by atoms with Gasteiger partial charge in [-0.2, -0.15) is 9.97 Å². The molecule has 2 unspecified atom stereocenters. The van der Waals surface area contributed by atoms with Crippen molar-refractivity contribution in [3.63, 3.8) is 0 Å². The minimum atomic E-state index is -5.33. The number of nitrogens with one attached hydrogen (secondary N) is 4. The van der Waals surface area contributed by atoms with Gasteiger partial charge in [0.2, 0.25) is 11.9 Å². The van der Waals surface area contributed by atoms with Crippen LogP contribution >= 0.6 is 15.6 Å². The number of aromatic nitrogens is 8. The number of carbonyl (C=O) groups is 2. The summed E-state index contributed by atoms with van der Waals surface area (Å²) in [7, 11) is -13.7. The molecule has 0 aliphatic carbocycles. The van der Waals surface area contributed by atoms with E-state index >= 15 is 0 Å². The van der Waals surface area contributed by atoms with E-state index in [4.69, 9.17) is 74.8 Å². The molecule has 2 fully saturated rings. The first kappa shape index (κ1) is 97.1. The first-order valence-electron chi connectivity index (χ1n) is 43.6. The number of imidazole rings is 2. The number of amides is 2. The molecule has 0 radical (unpaired) electrons. The summed E-state index contributed by atoms with van der Waals surface area (Å²) in [5, 5.41) is 4.32. The number of carbonyl (C=O) groups excluding carboxylic acids is 2. The Hall–Kier alpha value is -11.0. The highest BCUT2D eigenvalue weighted by Crippen LogP contribution is 2.54. The van der Waals surface area contributed by atoms with Crippen molar-refractivity contribution in [1.29, 1.82) is 0 Å². The third-order valence-corrected chi connectivity index (χ3v) is 35.5. The quantitative estimate of drug-likeness (QED) is 0.00902. The van der Waals surface area contributed by atoms with Crippen LogP contribution in [0.25, 0.3) is 22.3 Å². The molecule has 0 spiro atoms. The van der Waals surface area contributed by atoms with Gasteiger partial charge in [0.05, 0.1) is 53.3 Å². The van der Waals surface area contributed by atoms with Crippen molar-refractivity contribution in [2.75, 3.05) is 64.5 Å². The Balaban J connectivity index is 0.774. The summed E-state index contributed by atoms with van der Waals surface area (Å²) in [6.45, 7) is 24.5. The number of phosphoric acid groups is 2. The van der Waals surface area contributed by atoms with Gasteiger partial charge < -0.3 is 56.5 Å². The molecule has 32 nitrogen and oxygen atoms in total. The number of rotatable bonds is 39. The van der Waals surface area contributed by atoms with E-state index in [1.165, 1.54) is 21.8 Å². The summed E-state index contributed by atoms with van der Waals surface area (Å²) < 4.78 is 124. The second-order valence-electron chi connectivity index (χ2n) is 36.1. The van der Waals surface area contributed by atoms with Gasteiger partial charge in [-0.3, -0.25) is 67.0 Å². The predicted molar refractivity (Wildman–Crippen MR) is 502 cm³/mol. The normalized spacial score (nSPS) is 19.0. The first-order chi connectivity index (χ1) is 62.8. The van der Waals surface area contributed by atoms with Crippen LogP contribution in [-0.4, -0.2) is 168 Å². The van der Waals surface area contributed by atoms with Crippen LogP contribution in [0.3, 0.4) is 0 Å². The lowest BCUT2D eigenvalue weighted by molar-refractivity contribution is -0.118. The van der Waals surface area contributed by atoms with Crippen molar-refractivity contribution in [3.05, 3.63) is 296 Å². The Morgan fingerprint density at radius 1 is 0.447 bits per heavy atom. The molecule has 14 rings (SSSR count). The van der Waals surface area contributed by atoms with Crippen LogP contribution in [-0.2, 0) is 75.8 Å². The molecule has 6 N–H and O–H groups in total. The lowest BCUT2D eigenvalue weighted by Gasteiger charge is -2.44. The van der Waals surface area contributed by atoms with E-state index < -0.39 is 165 Å². The molecule has 8 aromatic carbocycles. The molecule has 0 saturated carbocycles. The zero-order valence-electron chi connectivity index (χ0n) is 76.6. The number of methoxy groups -OCH3 is 2. The fourth-order valence-electron chi connectivity index (χ4n) is 15.5. The fourth-order valence-corrected chi connectivity index (χ4v) is 19.5. The number of H-pyrrole nitrogens is 2. The molecule has 36 heteroatoms. The zero-order chi connectivity index (χ0) is 94.3. The first-order valence-corrected chi connectivity index (χ1v) is 52.4. The van der Waals surface area contributed by atoms with Crippen LogP contribution in [0.15, 0.2) is 241 Å². The molecule has 2 aliphatic heterocycles. The topological polar surface area (TPSA) is 389 Å². The van der Waals surface area contributed by atoms with Gasteiger partial charge in [0.25, 0.3) is 22.9 Å². The molecule has 4 aromatic heterocycles. The van der Waals surface area contributed by atoms with Crippen LogP contribution in [0, 0.1) is 0 Å². The van der Waals surface area contributed by atoms with Gasteiger partial charge in [-0.25, -0.2) is 19.1 Å². The van der Waals surface area contributed by atoms with Crippen molar-refractivity contribution in [1.82, 2.24) is 39.0 Å². The maximum Gasteiger partial charge on any atom is 0.472 e. The maximum atomic E-state index is 14.8. The number of anilines is 2. The number of phosphoric ester groups is 2. The number of hydrogen-bond acceptors (Lipinski definition) is 24. The lowest BCUT2D eigenvalue weighted by Crippen LogP contribution is -2.52. The van der Waals surface area contributed by atoms with Crippen LogP contribution in [0.4, 0.5) is 11.9 Å². The van der Waals surface area contributed by atoms with Gasteiger partial charge >= 0.3 is 15.6 Å². The largest absolute Gasteiger partial charge is 0.497 e. The predicted octanol–water partition coefficient (Wildman–Crippen LogP) is 17.1. The lowest BCUT2D eigenvalue weighted by atomic mass is 9.79. The third kappa shape index (κ3) is 21.8. The smallest absolute Gasteiger partial charge is 0.472 e. The Morgan fingerprint density at radius 2 is 0.750 bits per heavy atom. The number of aromatic amines is 2. The average Bonchev–Trinajstić information content (AvgIpc) is 1.35. The van der Waals surface area contributed by atoms with E-state index in [1.54, 1.807) is 62.8 Å². The summed E-state index contributed by atoms with van der Waals surface area (Å²) in [5.74, 6) is 0.728. The highest BCUT2D eigenvalue weighted by Gasteiger charge is 2.59. The standard InChI is InChI=1S/C96H114N10O22P2Si2/c1-61(2)63-37-45-73(46-38-63)117-57-77(107)99-91-101-85-79(87(109)103-91)97-59-105(85)89-83(127-131(13,14)93(5,6)7)81(125-95(65-29-21-17-22-30-65,66-31-23-18-24-32-66)69-41-49-71(115-11)50-42-69)75(123-89)55-121-129(111,112)119-53-54-120-130(113,114)122-56-76-82(126-96(67-33-25-19-26-34-67,68-35-27-20-28-36-68)70-43-51-72(116-12)52-44-70)84(128-132(15,16)94(8,9)10)90(124-76)106-60-98-80-86(106)102-92(104-88(80)110)100-78(108)58-118-74-47-39-64(40-48-74)62(3)4/h17-52,59-62,75-76,81-84,89-90H,53-58H2,1-16H3,(H,111,112)(H,113,114)(H2,99,101,103,107,109)(H2,100,102,104,108,110)/t75-,76-,81-,82-,83-,84-,89-,90-/m1/s1. The summed E-state index contributed by atoms with van der Waals surface area (Å²) in [6, 6.07) is 67.2. The summed E-state index contributed by atoms with van der Waals surface area (Å²) >= 11 is 0. The van der Waals surface area contributed by atoms with Gasteiger partial charge in [0.15, 0.2) is 64.6 Å². The molecular formula is C96H114N10O22P2Si2. The Kier molecular flexibility index (Phi) is 29.7. The van der Waals surface area contributed by atoms with Crippen LogP contribution in [0.2, 0.25) is 36.3 Å². The zero-order valence-corrected chi connectivity index (χ0v) is 80.4. The summed E-state index contributed by atoms with van der Waals surface area (Å²) in [4.78, 5) is 104. The summed E-state index contributed by atoms with van der Waals surface area (Å²) in [5.41, 5.74) is 0.975. The van der Waals surface area contributed by atoms with E-state index in [-0.39, 0.29) is 46.1 Å². The van der Waals surface area contributed by atoms with Crippen LogP contribution in [0.5, 0.6) is 23.0 Å². The highest BCUT2D eigenvalue weighted by atomic mass is 31.2. The van der Waals surface area contributed by atoms with E-state index in [1.807, 2.05) is 196 Å². The molecule has 698 valence electrons. The summed E-state index contributed by atoms with van der Waals surface area (Å²) in [6.07, 6.45) is -7.93. The van der Waals surface area contributed by atoms with Crippen molar-refractivity contribution in [3.8, 4) is 23.0 Å². The number of fused-ring (bicyclic) bond motifs is 2. The molecule has 0 bridgehead atoms. The van der Waals surface area contributed by atoms with Crippen molar-refractivity contribution < 1.29 is 93.3 Å². The molecular weight excluding hydrogens is 1760 g/mol. The van der Waals surface area contributed by atoms with E-state index in [0.29, 0.717) is 56.4 Å². The minimum absolute atomic E-state index is 0.0576. The SMILES string of the molecule is COc1ccc(C(O[C@H]2[C@@H](O[Si](C)(C)C(C)(C)C)[C@H](n3cnc4c(=O)[nH]c(NC(=O)COc5ccc(C(C)C)cc5)nc43)O[C@@H]2COP(=O)(O)OCCOP(=O)(O)OC[C@H]2O[C@@H](n3cnc4c(=O)[nH]c(NC(=O)COc5ccc(C(C)C)cc5)nc43)[C@H](O[Si](C)(C)C(C)(C)C)[C@@H]2OC(c2ccccc2)(c2ccccc2)c2ccc(OC)cc2)(c2ccccc2)c2ccccc2)cc1. The van der Waals surface area contributed by atoms with E-state index in [0.717, 1.165) is 11.1 Å². The second-order valence-corrected chi connectivity index (χ2v) is 48.5. The van der Waals surface area contributed by atoms with Crippen molar-refractivity contribution >= 4 is 78.3 Å². The Morgan fingerprint density at radius 3 is 1.05 bits per heavy atom. The van der Waals surface area contributed by atoms with Gasteiger partial charge in [0.1, 0.15) is 70.8 Å². The van der Waals surface area contributed by atoms with Crippen molar-refractivity contribution in [2.45, 2.75) is 178 Å². The average molecular weight is 1880 g/mol. The minimum Gasteiger partial charge on any atom is -0.497 e. The monoisotopic (exact) mass is 1880 g/mol.